The smallest absolute Gasteiger partial charge is 0.305 e. The van der Waals surface area contributed by atoms with E-state index in [1.807, 2.05) is 11.4 Å². The number of aliphatic carboxylic acids is 1. The van der Waals surface area contributed by atoms with Gasteiger partial charge in [-0.15, -0.1) is 11.3 Å². The van der Waals surface area contributed by atoms with Gasteiger partial charge >= 0.3 is 5.97 Å². The van der Waals surface area contributed by atoms with E-state index in [1.54, 1.807) is 11.0 Å². The molecule has 0 aliphatic rings. The van der Waals surface area contributed by atoms with Crippen molar-refractivity contribution in [3.05, 3.63) is 22.4 Å². The summed E-state index contributed by atoms with van der Waals surface area (Å²) in [5.41, 5.74) is 0. The lowest BCUT2D eigenvalue weighted by molar-refractivity contribution is -0.137. The molecule has 1 rings (SSSR count). The number of amides is 1. The number of hydrogen-bond donors (Lipinski definition) is 1. The van der Waals surface area contributed by atoms with Gasteiger partial charge in [-0.1, -0.05) is 32.3 Å². The van der Waals surface area contributed by atoms with E-state index in [9.17, 15) is 9.59 Å². The summed E-state index contributed by atoms with van der Waals surface area (Å²) < 4.78 is 0. The first kappa shape index (κ1) is 15.7. The van der Waals surface area contributed by atoms with Crippen molar-refractivity contribution in [1.82, 2.24) is 4.90 Å². The van der Waals surface area contributed by atoms with Gasteiger partial charge in [0.15, 0.2) is 0 Å². The topological polar surface area (TPSA) is 57.6 Å². The van der Waals surface area contributed by atoms with Crippen LogP contribution in [0.15, 0.2) is 17.5 Å². The second kappa shape index (κ2) is 8.69. The first-order valence-electron chi connectivity index (χ1n) is 6.69. The number of thiophene rings is 1. The minimum absolute atomic E-state index is 0.00485. The summed E-state index contributed by atoms with van der Waals surface area (Å²) in [6, 6.07) is 3.62. The van der Waals surface area contributed by atoms with Crippen LogP contribution in [0.2, 0.25) is 0 Å². The standard InChI is InChI=1S/C14H21NO3S/c1-2-3-4-5-9-15(10-8-13(16)17)14(18)12-7-6-11-19-12/h6-7,11H,2-5,8-10H2,1H3,(H,16,17). The van der Waals surface area contributed by atoms with E-state index >= 15 is 0 Å². The Morgan fingerprint density at radius 1 is 1.26 bits per heavy atom. The second-order valence-corrected chi connectivity index (χ2v) is 5.42. The van der Waals surface area contributed by atoms with Crippen molar-refractivity contribution < 1.29 is 14.7 Å². The van der Waals surface area contributed by atoms with Crippen LogP contribution >= 0.6 is 11.3 Å². The van der Waals surface area contributed by atoms with Gasteiger partial charge in [-0.05, 0) is 17.9 Å². The molecule has 1 N–H and O–H groups in total. The van der Waals surface area contributed by atoms with E-state index in [0.717, 1.165) is 25.7 Å². The molecule has 5 heteroatoms. The number of carboxylic acid groups (broad SMARTS) is 1. The van der Waals surface area contributed by atoms with E-state index in [4.69, 9.17) is 5.11 Å². The summed E-state index contributed by atoms with van der Waals surface area (Å²) in [5.74, 6) is -0.912. The van der Waals surface area contributed by atoms with Crippen molar-refractivity contribution in [3.8, 4) is 0 Å². The summed E-state index contributed by atoms with van der Waals surface area (Å²) in [4.78, 5) is 25.2. The third-order valence-corrected chi connectivity index (χ3v) is 3.75. The number of carboxylic acids is 1. The molecule has 0 aromatic carbocycles. The fourth-order valence-electron chi connectivity index (χ4n) is 1.83. The van der Waals surface area contributed by atoms with E-state index in [1.165, 1.54) is 11.3 Å². The third kappa shape index (κ3) is 5.87. The number of rotatable bonds is 9. The van der Waals surface area contributed by atoms with E-state index in [-0.39, 0.29) is 18.9 Å². The van der Waals surface area contributed by atoms with Crippen LogP contribution in [-0.4, -0.2) is 35.0 Å². The summed E-state index contributed by atoms with van der Waals surface area (Å²) in [6.07, 6.45) is 4.32. The highest BCUT2D eigenvalue weighted by Crippen LogP contribution is 2.13. The van der Waals surface area contributed by atoms with Crippen LogP contribution in [0.25, 0.3) is 0 Å². The fraction of sp³-hybridized carbons (Fsp3) is 0.571. The van der Waals surface area contributed by atoms with Crippen LogP contribution in [0.1, 0.15) is 48.7 Å². The Labute approximate surface area is 118 Å². The van der Waals surface area contributed by atoms with Crippen molar-refractivity contribution in [2.24, 2.45) is 0 Å². The van der Waals surface area contributed by atoms with Crippen LogP contribution in [-0.2, 0) is 4.79 Å². The Morgan fingerprint density at radius 2 is 2.05 bits per heavy atom. The van der Waals surface area contributed by atoms with Gasteiger partial charge in [0.2, 0.25) is 0 Å². The first-order chi connectivity index (χ1) is 9.15. The van der Waals surface area contributed by atoms with Gasteiger partial charge in [0.1, 0.15) is 0 Å². The quantitative estimate of drug-likeness (QED) is 0.708. The Bertz CT molecular complexity index is 389. The van der Waals surface area contributed by atoms with E-state index < -0.39 is 5.97 Å². The minimum Gasteiger partial charge on any atom is -0.481 e. The zero-order valence-electron chi connectivity index (χ0n) is 11.3. The van der Waals surface area contributed by atoms with Gasteiger partial charge in [-0.3, -0.25) is 9.59 Å². The molecule has 0 unspecified atom stereocenters. The molecule has 0 saturated heterocycles. The number of unbranched alkanes of at least 4 members (excludes halogenated alkanes) is 3. The SMILES string of the molecule is CCCCCCN(CCC(=O)O)C(=O)c1cccs1. The summed E-state index contributed by atoms with van der Waals surface area (Å²) in [7, 11) is 0. The Balaban J connectivity index is 2.52. The zero-order chi connectivity index (χ0) is 14.1. The van der Waals surface area contributed by atoms with Gasteiger partial charge in [0.25, 0.3) is 5.91 Å². The van der Waals surface area contributed by atoms with Crippen LogP contribution in [0.5, 0.6) is 0 Å². The number of carbonyl (C=O) groups is 2. The molecule has 1 aromatic rings. The molecular formula is C14H21NO3S. The first-order valence-corrected chi connectivity index (χ1v) is 7.57. The molecule has 0 bridgehead atoms. The fourth-order valence-corrected chi connectivity index (χ4v) is 2.52. The molecule has 0 aliphatic heterocycles. The molecule has 106 valence electrons. The largest absolute Gasteiger partial charge is 0.481 e. The third-order valence-electron chi connectivity index (χ3n) is 2.90. The van der Waals surface area contributed by atoms with Crippen molar-refractivity contribution in [2.45, 2.75) is 39.0 Å². The molecule has 1 aromatic heterocycles. The Hall–Kier alpha value is -1.36. The van der Waals surface area contributed by atoms with Crippen LogP contribution in [0, 0.1) is 0 Å². The monoisotopic (exact) mass is 283 g/mol. The summed E-state index contributed by atoms with van der Waals surface area (Å²) >= 11 is 1.40. The normalized spacial score (nSPS) is 10.4. The highest BCUT2D eigenvalue weighted by Gasteiger charge is 2.17. The van der Waals surface area contributed by atoms with Crippen LogP contribution < -0.4 is 0 Å². The maximum Gasteiger partial charge on any atom is 0.305 e. The number of hydrogen-bond acceptors (Lipinski definition) is 3. The highest BCUT2D eigenvalue weighted by molar-refractivity contribution is 7.12. The van der Waals surface area contributed by atoms with Crippen LogP contribution in [0.4, 0.5) is 0 Å². The molecule has 1 amide bonds. The van der Waals surface area contributed by atoms with Gasteiger partial charge in [-0.25, -0.2) is 0 Å². The Kier molecular flexibility index (Phi) is 7.18. The number of nitrogens with zero attached hydrogens (tertiary/aromatic N) is 1. The van der Waals surface area contributed by atoms with Gasteiger partial charge in [0.05, 0.1) is 11.3 Å². The predicted molar refractivity (Wildman–Crippen MR) is 76.6 cm³/mol. The van der Waals surface area contributed by atoms with E-state index in [2.05, 4.69) is 6.92 Å². The second-order valence-electron chi connectivity index (χ2n) is 4.47. The average molecular weight is 283 g/mol. The van der Waals surface area contributed by atoms with Gasteiger partial charge < -0.3 is 10.0 Å². The molecule has 4 nitrogen and oxygen atoms in total. The van der Waals surface area contributed by atoms with Crippen molar-refractivity contribution in [2.75, 3.05) is 13.1 Å². The van der Waals surface area contributed by atoms with Crippen molar-refractivity contribution >= 4 is 23.2 Å². The molecule has 0 saturated carbocycles. The van der Waals surface area contributed by atoms with Gasteiger partial charge in [0, 0.05) is 13.1 Å². The molecule has 0 spiro atoms. The van der Waals surface area contributed by atoms with Gasteiger partial charge in [-0.2, -0.15) is 0 Å². The summed E-state index contributed by atoms with van der Waals surface area (Å²) in [6.45, 7) is 3.07. The molecule has 0 aliphatic carbocycles. The zero-order valence-corrected chi connectivity index (χ0v) is 12.1. The minimum atomic E-state index is -0.863. The maximum atomic E-state index is 12.2. The molecular weight excluding hydrogens is 262 g/mol. The Morgan fingerprint density at radius 3 is 2.63 bits per heavy atom. The van der Waals surface area contributed by atoms with Crippen molar-refractivity contribution in [1.29, 1.82) is 0 Å². The lowest BCUT2D eigenvalue weighted by atomic mass is 10.2. The molecule has 0 atom stereocenters. The molecule has 19 heavy (non-hydrogen) atoms. The molecule has 0 radical (unpaired) electrons. The highest BCUT2D eigenvalue weighted by atomic mass is 32.1. The molecule has 1 heterocycles. The lowest BCUT2D eigenvalue weighted by Crippen LogP contribution is -2.33. The van der Waals surface area contributed by atoms with E-state index in [0.29, 0.717) is 11.4 Å². The summed E-state index contributed by atoms with van der Waals surface area (Å²) in [5, 5.41) is 10.6. The maximum absolute atomic E-state index is 12.2. The number of carbonyl (C=O) groups excluding carboxylic acids is 1. The lowest BCUT2D eigenvalue weighted by Gasteiger charge is -2.21. The average Bonchev–Trinajstić information content (AvgIpc) is 2.90. The predicted octanol–water partition coefficient (Wildman–Crippen LogP) is 3.25. The van der Waals surface area contributed by atoms with Crippen LogP contribution in [0.3, 0.4) is 0 Å². The van der Waals surface area contributed by atoms with Crippen molar-refractivity contribution in [3.63, 3.8) is 0 Å². The molecule has 0 fully saturated rings.